The normalized spacial score (nSPS) is 16.8. The molecule has 0 saturated carbocycles. The fraction of sp³-hybridized carbons (Fsp3) is 0.160. The Hall–Kier alpha value is -4.04. The van der Waals surface area contributed by atoms with Crippen LogP contribution in [0.1, 0.15) is 15.9 Å². The molecule has 0 spiro atoms. The zero-order valence-corrected chi connectivity index (χ0v) is 17.7. The van der Waals surface area contributed by atoms with Crippen molar-refractivity contribution in [1.29, 1.82) is 0 Å². The van der Waals surface area contributed by atoms with Crippen LogP contribution in [0.4, 0.5) is 10.2 Å². The molecule has 1 fully saturated rings. The van der Waals surface area contributed by atoms with Crippen LogP contribution in [0.5, 0.6) is 0 Å². The lowest BCUT2D eigenvalue weighted by Gasteiger charge is -2.38. The van der Waals surface area contributed by atoms with Crippen molar-refractivity contribution >= 4 is 23.3 Å². The van der Waals surface area contributed by atoms with E-state index in [1.807, 2.05) is 34.9 Å². The van der Waals surface area contributed by atoms with Gasteiger partial charge in [-0.2, -0.15) is 0 Å². The van der Waals surface area contributed by atoms with E-state index in [-0.39, 0.29) is 18.1 Å². The van der Waals surface area contributed by atoms with Gasteiger partial charge in [0.15, 0.2) is 5.82 Å². The highest BCUT2D eigenvalue weighted by Gasteiger charge is 2.39. The molecule has 0 unspecified atom stereocenters. The third-order valence-corrected chi connectivity index (χ3v) is 5.62. The number of carbonyl (C=O) groups is 2. The minimum Gasteiger partial charge on any atom is -0.363 e. The largest absolute Gasteiger partial charge is 0.363 e. The van der Waals surface area contributed by atoms with Crippen molar-refractivity contribution in [3.63, 3.8) is 0 Å². The van der Waals surface area contributed by atoms with E-state index in [1.54, 1.807) is 47.5 Å². The Balaban J connectivity index is 1.43. The maximum Gasteiger partial charge on any atom is 0.357 e. The molecular formula is C25H21FN4O3. The number of benzene rings is 2. The van der Waals surface area contributed by atoms with Crippen LogP contribution in [0.25, 0.3) is 5.65 Å². The average molecular weight is 444 g/mol. The van der Waals surface area contributed by atoms with Crippen LogP contribution in [0.2, 0.25) is 0 Å². The van der Waals surface area contributed by atoms with Crippen molar-refractivity contribution in [3.05, 3.63) is 102 Å². The van der Waals surface area contributed by atoms with E-state index in [0.29, 0.717) is 24.5 Å². The van der Waals surface area contributed by atoms with Crippen LogP contribution in [-0.2, 0) is 16.1 Å². The molecule has 0 N–H and O–H groups in total. The molecule has 1 saturated heterocycles. The summed E-state index contributed by atoms with van der Waals surface area (Å²) in [6.07, 6.45) is 3.92. The molecule has 2 aromatic heterocycles. The van der Waals surface area contributed by atoms with Crippen molar-refractivity contribution in [2.45, 2.75) is 12.5 Å². The summed E-state index contributed by atoms with van der Waals surface area (Å²) in [5, 5.41) is 1.42. The van der Waals surface area contributed by atoms with Crippen LogP contribution >= 0.6 is 0 Å². The zero-order valence-electron chi connectivity index (χ0n) is 17.7. The third-order valence-electron chi connectivity index (χ3n) is 5.62. The fourth-order valence-corrected chi connectivity index (χ4v) is 3.92. The highest BCUT2D eigenvalue weighted by atomic mass is 19.1. The molecule has 0 aliphatic carbocycles. The highest BCUT2D eigenvalue weighted by Crippen LogP contribution is 2.23. The predicted molar refractivity (Wildman–Crippen MR) is 120 cm³/mol. The van der Waals surface area contributed by atoms with Crippen LogP contribution in [0, 0.1) is 5.82 Å². The minimum atomic E-state index is -0.776. The number of halogens is 1. The lowest BCUT2D eigenvalue weighted by molar-refractivity contribution is -0.162. The second kappa shape index (κ2) is 8.84. The van der Waals surface area contributed by atoms with Gasteiger partial charge >= 0.3 is 5.97 Å². The molecule has 1 atom stereocenters. The van der Waals surface area contributed by atoms with Crippen LogP contribution < -0.4 is 4.90 Å². The quantitative estimate of drug-likeness (QED) is 0.471. The van der Waals surface area contributed by atoms with E-state index in [4.69, 9.17) is 4.84 Å². The van der Waals surface area contributed by atoms with Gasteiger partial charge in [0.1, 0.15) is 17.5 Å². The Morgan fingerprint density at radius 3 is 2.52 bits per heavy atom. The van der Waals surface area contributed by atoms with Gasteiger partial charge in [-0.15, -0.1) is 5.06 Å². The second-order valence-electron chi connectivity index (χ2n) is 7.79. The number of aromatic nitrogens is 2. The van der Waals surface area contributed by atoms with Crippen LogP contribution in [0.15, 0.2) is 85.2 Å². The number of hydrogen-bond acceptors (Lipinski definition) is 5. The van der Waals surface area contributed by atoms with Gasteiger partial charge in [-0.25, -0.2) is 14.2 Å². The first-order valence-corrected chi connectivity index (χ1v) is 10.6. The number of amides is 1. The molecule has 166 valence electrons. The predicted octanol–water partition coefficient (Wildman–Crippen LogP) is 3.51. The number of hydrogen-bond donors (Lipinski definition) is 0. The summed E-state index contributed by atoms with van der Waals surface area (Å²) in [7, 11) is 0. The number of rotatable bonds is 5. The fourth-order valence-electron chi connectivity index (χ4n) is 3.92. The Morgan fingerprint density at radius 2 is 1.76 bits per heavy atom. The molecule has 33 heavy (non-hydrogen) atoms. The van der Waals surface area contributed by atoms with Gasteiger partial charge in [0, 0.05) is 19.2 Å². The summed E-state index contributed by atoms with van der Waals surface area (Å²) < 4.78 is 15.2. The minimum absolute atomic E-state index is 0.241. The Kier molecular flexibility index (Phi) is 5.58. The summed E-state index contributed by atoms with van der Waals surface area (Å²) in [5.41, 5.74) is 1.88. The molecule has 1 aliphatic heterocycles. The SMILES string of the molecule is O=C(ON1CCN(c2cn3ccccc3n2)C(=O)[C@H]1Cc1ccc(F)cc1)c1ccccc1. The lowest BCUT2D eigenvalue weighted by atomic mass is 10.0. The Labute approximate surface area is 189 Å². The number of piperazine rings is 1. The maximum atomic E-state index is 13.6. The number of pyridine rings is 1. The topological polar surface area (TPSA) is 67.2 Å². The molecule has 5 rings (SSSR count). The molecule has 7 nitrogen and oxygen atoms in total. The molecule has 3 heterocycles. The van der Waals surface area contributed by atoms with Crippen molar-refractivity contribution in [1.82, 2.24) is 14.4 Å². The monoisotopic (exact) mass is 444 g/mol. The van der Waals surface area contributed by atoms with Crippen molar-refractivity contribution < 1.29 is 18.8 Å². The zero-order chi connectivity index (χ0) is 22.8. The van der Waals surface area contributed by atoms with E-state index in [0.717, 1.165) is 11.2 Å². The van der Waals surface area contributed by atoms with Gasteiger partial charge in [0.25, 0.3) is 0 Å². The Morgan fingerprint density at radius 1 is 1.00 bits per heavy atom. The smallest absolute Gasteiger partial charge is 0.357 e. The summed E-state index contributed by atoms with van der Waals surface area (Å²) in [6, 6.07) is 19.4. The molecule has 0 radical (unpaired) electrons. The van der Waals surface area contributed by atoms with Crippen LogP contribution in [-0.4, -0.2) is 45.5 Å². The number of nitrogens with zero attached hydrogens (tertiary/aromatic N) is 4. The molecule has 1 amide bonds. The lowest BCUT2D eigenvalue weighted by Crippen LogP contribution is -2.58. The van der Waals surface area contributed by atoms with Gasteiger partial charge in [-0.1, -0.05) is 36.4 Å². The van der Waals surface area contributed by atoms with E-state index < -0.39 is 12.0 Å². The molecule has 1 aliphatic rings. The summed E-state index contributed by atoms with van der Waals surface area (Å²) in [4.78, 5) is 38.1. The average Bonchev–Trinajstić information content (AvgIpc) is 3.27. The Bertz CT molecular complexity index is 1260. The van der Waals surface area contributed by atoms with Gasteiger partial charge in [-0.3, -0.25) is 9.69 Å². The van der Waals surface area contributed by atoms with Gasteiger partial charge in [0.2, 0.25) is 5.91 Å². The summed E-state index contributed by atoms with van der Waals surface area (Å²) in [6.45, 7) is 0.620. The molecule has 4 aromatic rings. The highest BCUT2D eigenvalue weighted by molar-refractivity contribution is 5.98. The van der Waals surface area contributed by atoms with Crippen molar-refractivity contribution in [3.8, 4) is 0 Å². The van der Waals surface area contributed by atoms with E-state index >= 15 is 0 Å². The molecule has 8 heteroatoms. The van der Waals surface area contributed by atoms with Gasteiger partial charge in [0.05, 0.1) is 18.3 Å². The number of hydroxylamine groups is 2. The molecule has 0 bridgehead atoms. The standard InChI is InChI=1S/C25H21FN4O3/c26-20-11-9-18(10-12-20)16-21-24(31)29(23-17-28-13-5-4-8-22(28)27-23)14-15-30(21)33-25(32)19-6-2-1-3-7-19/h1-13,17,21H,14-16H2/t21-/m1/s1. The van der Waals surface area contributed by atoms with Gasteiger partial charge in [-0.05, 0) is 42.0 Å². The number of carbonyl (C=O) groups excluding carboxylic acids is 2. The van der Waals surface area contributed by atoms with E-state index in [2.05, 4.69) is 4.98 Å². The first-order chi connectivity index (χ1) is 16.1. The summed E-state index contributed by atoms with van der Waals surface area (Å²) >= 11 is 0. The maximum absolute atomic E-state index is 13.6. The number of fused-ring (bicyclic) bond motifs is 1. The third kappa shape index (κ3) is 4.33. The first kappa shape index (κ1) is 20.8. The van der Waals surface area contributed by atoms with Crippen molar-refractivity contribution in [2.24, 2.45) is 0 Å². The second-order valence-corrected chi connectivity index (χ2v) is 7.79. The van der Waals surface area contributed by atoms with E-state index in [9.17, 15) is 14.0 Å². The number of imidazole rings is 1. The van der Waals surface area contributed by atoms with Crippen molar-refractivity contribution in [2.75, 3.05) is 18.0 Å². The molecular weight excluding hydrogens is 423 g/mol. The summed E-state index contributed by atoms with van der Waals surface area (Å²) in [5.74, 6) is -0.597. The molecule has 2 aromatic carbocycles. The van der Waals surface area contributed by atoms with E-state index in [1.165, 1.54) is 17.2 Å². The van der Waals surface area contributed by atoms with Crippen LogP contribution in [0.3, 0.4) is 0 Å². The van der Waals surface area contributed by atoms with Gasteiger partial charge < -0.3 is 9.24 Å². The first-order valence-electron chi connectivity index (χ1n) is 10.6. The number of anilines is 1.